The maximum atomic E-state index is 12.8. The van der Waals surface area contributed by atoms with Crippen molar-refractivity contribution in [3.05, 3.63) is 28.8 Å². The average Bonchev–Trinajstić information content (AvgIpc) is 2.47. The van der Waals surface area contributed by atoms with Gasteiger partial charge < -0.3 is 10.2 Å². The van der Waals surface area contributed by atoms with E-state index in [0.29, 0.717) is 5.56 Å². The van der Waals surface area contributed by atoms with Gasteiger partial charge in [0.25, 0.3) is 0 Å². The summed E-state index contributed by atoms with van der Waals surface area (Å²) in [5, 5.41) is 20.4. The number of hydrogen-bond donors (Lipinski definition) is 2. The van der Waals surface area contributed by atoms with Crippen molar-refractivity contribution in [1.82, 2.24) is 0 Å². The highest BCUT2D eigenvalue weighted by atomic mass is 16.4. The molecule has 0 atom stereocenters. The van der Waals surface area contributed by atoms with E-state index in [-0.39, 0.29) is 46.0 Å². The first kappa shape index (κ1) is 26.2. The van der Waals surface area contributed by atoms with Crippen LogP contribution in [0, 0.1) is 10.8 Å². The third-order valence-corrected chi connectivity index (χ3v) is 5.40. The van der Waals surface area contributed by atoms with E-state index in [1.165, 1.54) is 0 Å². The summed E-state index contributed by atoms with van der Waals surface area (Å²) in [6.45, 7) is 21.4. The second-order valence-corrected chi connectivity index (χ2v) is 12.5. The van der Waals surface area contributed by atoms with Crippen molar-refractivity contribution in [3.8, 4) is 5.75 Å². The van der Waals surface area contributed by atoms with Crippen molar-refractivity contribution in [2.75, 3.05) is 0 Å². The van der Waals surface area contributed by atoms with Crippen LogP contribution in [0.25, 0.3) is 0 Å². The zero-order valence-electron chi connectivity index (χ0n) is 20.7. The van der Waals surface area contributed by atoms with Gasteiger partial charge in [-0.1, -0.05) is 69.2 Å². The molecule has 0 aliphatic carbocycles. The lowest BCUT2D eigenvalue weighted by molar-refractivity contribution is -0.136. The fourth-order valence-corrected chi connectivity index (χ4v) is 5.03. The largest absolute Gasteiger partial charge is 0.507 e. The van der Waals surface area contributed by atoms with E-state index in [4.69, 9.17) is 5.11 Å². The molecule has 0 aliphatic heterocycles. The van der Waals surface area contributed by atoms with Crippen LogP contribution < -0.4 is 0 Å². The lowest BCUT2D eigenvalue weighted by Crippen LogP contribution is -2.29. The maximum Gasteiger partial charge on any atom is 0.303 e. The summed E-state index contributed by atoms with van der Waals surface area (Å²) < 4.78 is 0. The van der Waals surface area contributed by atoms with Gasteiger partial charge >= 0.3 is 5.97 Å². The van der Waals surface area contributed by atoms with Gasteiger partial charge in [0.15, 0.2) is 5.78 Å². The normalized spacial score (nSPS) is 13.4. The molecule has 0 heterocycles. The SMILES string of the molecule is CC(C)(C)CC(C)(C)c1cc(C(=O)CCC(=O)O)cc(C(C)(C)CC(C)(C)C)c1O. The molecule has 170 valence electrons. The molecule has 4 heteroatoms. The maximum absolute atomic E-state index is 12.8. The number of phenolic OH excluding ortho intramolecular Hbond substituents is 1. The summed E-state index contributed by atoms with van der Waals surface area (Å²) in [6, 6.07) is 3.56. The molecule has 0 saturated carbocycles. The predicted molar refractivity (Wildman–Crippen MR) is 124 cm³/mol. The highest BCUT2D eigenvalue weighted by Gasteiger charge is 2.36. The third kappa shape index (κ3) is 7.45. The van der Waals surface area contributed by atoms with Gasteiger partial charge in [-0.2, -0.15) is 0 Å². The van der Waals surface area contributed by atoms with E-state index in [1.807, 2.05) is 0 Å². The van der Waals surface area contributed by atoms with Crippen molar-refractivity contribution in [2.24, 2.45) is 10.8 Å². The number of hydrogen-bond acceptors (Lipinski definition) is 3. The van der Waals surface area contributed by atoms with Gasteiger partial charge in [-0.05, 0) is 46.6 Å². The fraction of sp³-hybridized carbons (Fsp3) is 0.692. The van der Waals surface area contributed by atoms with Gasteiger partial charge in [-0.3, -0.25) is 9.59 Å². The summed E-state index contributed by atoms with van der Waals surface area (Å²) in [6.07, 6.45) is 1.43. The Balaban J connectivity index is 3.66. The third-order valence-electron chi connectivity index (χ3n) is 5.40. The smallest absolute Gasteiger partial charge is 0.303 e. The zero-order chi connectivity index (χ0) is 23.7. The van der Waals surface area contributed by atoms with Crippen molar-refractivity contribution >= 4 is 11.8 Å². The Hall–Kier alpha value is -1.84. The molecular formula is C26H42O4. The number of carbonyl (C=O) groups excluding carboxylic acids is 1. The summed E-state index contributed by atoms with van der Waals surface area (Å²) in [5.74, 6) is -0.921. The Kier molecular flexibility index (Phi) is 7.62. The summed E-state index contributed by atoms with van der Waals surface area (Å²) >= 11 is 0. The minimum atomic E-state index is -0.983. The first-order valence-electron chi connectivity index (χ1n) is 10.9. The lowest BCUT2D eigenvalue weighted by atomic mass is 9.67. The Labute approximate surface area is 183 Å². The molecular weight excluding hydrogens is 376 g/mol. The number of aliphatic carboxylic acids is 1. The van der Waals surface area contributed by atoms with Crippen molar-refractivity contribution in [2.45, 2.75) is 106 Å². The summed E-state index contributed by atoms with van der Waals surface area (Å²) in [7, 11) is 0. The van der Waals surface area contributed by atoms with E-state index < -0.39 is 5.97 Å². The van der Waals surface area contributed by atoms with E-state index in [9.17, 15) is 14.7 Å². The number of phenols is 1. The highest BCUT2D eigenvalue weighted by Crippen LogP contribution is 2.47. The highest BCUT2D eigenvalue weighted by molar-refractivity contribution is 5.98. The number of rotatable bonds is 8. The molecule has 0 fully saturated rings. The summed E-state index contributed by atoms with van der Waals surface area (Å²) in [4.78, 5) is 23.8. The van der Waals surface area contributed by atoms with Gasteiger partial charge in [-0.15, -0.1) is 0 Å². The molecule has 1 aromatic rings. The monoisotopic (exact) mass is 418 g/mol. The number of Topliss-reactive ketones (excluding diaryl/α,β-unsaturated/α-hetero) is 1. The quantitative estimate of drug-likeness (QED) is 0.452. The fourth-order valence-electron chi connectivity index (χ4n) is 5.03. The van der Waals surface area contributed by atoms with Gasteiger partial charge in [0.05, 0.1) is 6.42 Å². The molecule has 1 rings (SSSR count). The van der Waals surface area contributed by atoms with Crippen LogP contribution >= 0.6 is 0 Å². The molecule has 0 amide bonds. The van der Waals surface area contributed by atoms with E-state index in [1.54, 1.807) is 12.1 Å². The van der Waals surface area contributed by atoms with E-state index in [2.05, 4.69) is 69.2 Å². The molecule has 0 bridgehead atoms. The van der Waals surface area contributed by atoms with E-state index >= 15 is 0 Å². The summed E-state index contributed by atoms with van der Waals surface area (Å²) in [5.41, 5.74) is 1.39. The van der Waals surface area contributed by atoms with Gasteiger partial charge in [-0.25, -0.2) is 0 Å². The molecule has 0 unspecified atom stereocenters. The number of ketones is 1. The van der Waals surface area contributed by atoms with Crippen LogP contribution in [0.2, 0.25) is 0 Å². The molecule has 2 N–H and O–H groups in total. The van der Waals surface area contributed by atoms with Crippen LogP contribution in [0.15, 0.2) is 12.1 Å². The number of aromatic hydroxyl groups is 1. The van der Waals surface area contributed by atoms with Crippen LogP contribution in [0.3, 0.4) is 0 Å². The molecule has 0 aromatic heterocycles. The van der Waals surface area contributed by atoms with E-state index in [0.717, 1.165) is 24.0 Å². The molecule has 1 aromatic carbocycles. The van der Waals surface area contributed by atoms with Crippen molar-refractivity contribution < 1.29 is 19.8 Å². The molecule has 0 aliphatic rings. The lowest BCUT2D eigenvalue weighted by Gasteiger charge is -2.37. The topological polar surface area (TPSA) is 74.6 Å². The Morgan fingerprint density at radius 1 is 0.733 bits per heavy atom. The minimum Gasteiger partial charge on any atom is -0.507 e. The Morgan fingerprint density at radius 3 is 1.40 bits per heavy atom. The van der Waals surface area contributed by atoms with Crippen molar-refractivity contribution in [3.63, 3.8) is 0 Å². The number of benzene rings is 1. The Bertz CT molecular complexity index is 737. The van der Waals surface area contributed by atoms with Gasteiger partial charge in [0.2, 0.25) is 0 Å². The molecule has 30 heavy (non-hydrogen) atoms. The second kappa shape index (κ2) is 8.72. The second-order valence-electron chi connectivity index (χ2n) is 12.5. The first-order valence-corrected chi connectivity index (χ1v) is 10.9. The number of carbonyl (C=O) groups is 2. The minimum absolute atomic E-state index is 0.0420. The number of carboxylic acid groups (broad SMARTS) is 1. The standard InChI is InChI=1S/C26H42O4/c1-23(2,3)15-25(7,8)18-13-17(20(27)11-12-21(28)29)14-19(22(18)30)26(9,10)16-24(4,5)6/h13-14,30H,11-12,15-16H2,1-10H3,(H,28,29). The Morgan fingerprint density at radius 2 is 1.10 bits per heavy atom. The van der Waals surface area contributed by atoms with Crippen LogP contribution in [0.5, 0.6) is 5.75 Å². The zero-order valence-corrected chi connectivity index (χ0v) is 20.7. The molecule has 0 saturated heterocycles. The van der Waals surface area contributed by atoms with Crippen LogP contribution in [0.1, 0.15) is 116 Å². The van der Waals surface area contributed by atoms with Crippen LogP contribution in [-0.4, -0.2) is 22.0 Å². The first-order chi connectivity index (χ1) is 13.3. The molecule has 0 spiro atoms. The van der Waals surface area contributed by atoms with Crippen LogP contribution in [0.4, 0.5) is 0 Å². The molecule has 4 nitrogen and oxygen atoms in total. The van der Waals surface area contributed by atoms with Gasteiger partial charge in [0, 0.05) is 23.1 Å². The predicted octanol–water partition coefficient (Wildman–Crippen LogP) is 6.87. The van der Waals surface area contributed by atoms with Crippen LogP contribution in [-0.2, 0) is 15.6 Å². The molecule has 0 radical (unpaired) electrons. The van der Waals surface area contributed by atoms with Gasteiger partial charge in [0.1, 0.15) is 5.75 Å². The number of carboxylic acids is 1. The average molecular weight is 419 g/mol. The van der Waals surface area contributed by atoms with Crippen molar-refractivity contribution in [1.29, 1.82) is 0 Å².